The van der Waals surface area contributed by atoms with Gasteiger partial charge in [0.15, 0.2) is 6.61 Å². The third-order valence-electron chi connectivity index (χ3n) is 2.12. The van der Waals surface area contributed by atoms with Gasteiger partial charge in [-0.1, -0.05) is 29.3 Å². The molecule has 2 N–H and O–H groups in total. The van der Waals surface area contributed by atoms with E-state index in [-0.39, 0.29) is 11.4 Å². The molecular weight excluding hydrogens is 306 g/mol. The van der Waals surface area contributed by atoms with Gasteiger partial charge in [0.1, 0.15) is 6.04 Å². The van der Waals surface area contributed by atoms with Crippen molar-refractivity contribution < 1.29 is 22.7 Å². The van der Waals surface area contributed by atoms with Crippen molar-refractivity contribution in [3.63, 3.8) is 0 Å². The number of hydrogen-bond acceptors (Lipinski definition) is 3. The second-order valence-corrected chi connectivity index (χ2v) is 4.60. The van der Waals surface area contributed by atoms with Gasteiger partial charge in [-0.3, -0.25) is 4.79 Å². The summed E-state index contributed by atoms with van der Waals surface area (Å²) in [6.45, 7) is -1.65. The van der Waals surface area contributed by atoms with Crippen LogP contribution in [0.15, 0.2) is 18.2 Å². The van der Waals surface area contributed by atoms with Gasteiger partial charge in [-0.25, -0.2) is 0 Å². The number of hydrogen-bond donors (Lipinski definition) is 1. The average Bonchev–Trinajstić information content (AvgIpc) is 2.29. The zero-order chi connectivity index (χ0) is 14.6. The van der Waals surface area contributed by atoms with Gasteiger partial charge >= 0.3 is 12.1 Å². The van der Waals surface area contributed by atoms with E-state index in [0.717, 1.165) is 0 Å². The van der Waals surface area contributed by atoms with Gasteiger partial charge in [-0.05, 0) is 24.1 Å². The third kappa shape index (κ3) is 5.67. The van der Waals surface area contributed by atoms with Gasteiger partial charge in [0, 0.05) is 0 Å². The summed E-state index contributed by atoms with van der Waals surface area (Å²) in [6.07, 6.45) is -4.56. The Morgan fingerprint density at radius 1 is 1.32 bits per heavy atom. The number of ether oxygens (including phenoxy) is 1. The molecule has 0 radical (unpaired) electrons. The number of carbonyl (C=O) groups is 1. The molecule has 0 aliphatic carbocycles. The molecule has 0 amide bonds. The smallest absolute Gasteiger partial charge is 0.422 e. The minimum absolute atomic E-state index is 0.00752. The lowest BCUT2D eigenvalue weighted by molar-refractivity contribution is -0.187. The van der Waals surface area contributed by atoms with E-state index in [9.17, 15) is 18.0 Å². The summed E-state index contributed by atoms with van der Waals surface area (Å²) in [5, 5.41) is 0.605. The van der Waals surface area contributed by atoms with Gasteiger partial charge in [0.05, 0.1) is 10.0 Å². The fraction of sp³-hybridized carbons (Fsp3) is 0.364. The molecule has 0 saturated heterocycles. The van der Waals surface area contributed by atoms with E-state index < -0.39 is 24.8 Å². The first-order valence-electron chi connectivity index (χ1n) is 5.12. The maximum atomic E-state index is 11.9. The van der Waals surface area contributed by atoms with Crippen molar-refractivity contribution in [1.29, 1.82) is 0 Å². The Morgan fingerprint density at radius 2 is 1.95 bits per heavy atom. The van der Waals surface area contributed by atoms with Crippen LogP contribution in [0.5, 0.6) is 0 Å². The quantitative estimate of drug-likeness (QED) is 0.869. The number of halogens is 5. The first kappa shape index (κ1) is 16.1. The van der Waals surface area contributed by atoms with E-state index >= 15 is 0 Å². The standard InChI is InChI=1S/C11H10Cl2F3NO2/c12-7-2-1-6(3-8(7)13)4-9(17)10(18)19-5-11(14,15)16/h1-3,9H,4-5,17H2/t9-/m0/s1. The van der Waals surface area contributed by atoms with E-state index in [1.807, 2.05) is 0 Å². The number of rotatable bonds is 4. The van der Waals surface area contributed by atoms with E-state index in [1.54, 1.807) is 6.07 Å². The van der Waals surface area contributed by atoms with Gasteiger partial charge in [0.2, 0.25) is 0 Å². The Bertz CT molecular complexity index is 466. The second kappa shape index (κ2) is 6.45. The van der Waals surface area contributed by atoms with Gasteiger partial charge < -0.3 is 10.5 Å². The molecule has 19 heavy (non-hydrogen) atoms. The van der Waals surface area contributed by atoms with Crippen LogP contribution < -0.4 is 5.73 Å². The summed E-state index contributed by atoms with van der Waals surface area (Å²) < 4.78 is 39.6. The molecule has 0 bridgehead atoms. The summed E-state index contributed by atoms with van der Waals surface area (Å²) in [4.78, 5) is 11.2. The first-order chi connectivity index (χ1) is 8.69. The lowest BCUT2D eigenvalue weighted by atomic mass is 10.1. The Balaban J connectivity index is 2.56. The van der Waals surface area contributed by atoms with Crippen molar-refractivity contribution in [3.05, 3.63) is 33.8 Å². The van der Waals surface area contributed by atoms with Crippen molar-refractivity contribution in [1.82, 2.24) is 0 Å². The van der Waals surface area contributed by atoms with Crippen LogP contribution in [-0.4, -0.2) is 24.8 Å². The Morgan fingerprint density at radius 3 is 2.47 bits per heavy atom. The maximum Gasteiger partial charge on any atom is 0.422 e. The number of nitrogens with two attached hydrogens (primary N) is 1. The van der Waals surface area contributed by atoms with Gasteiger partial charge in [0.25, 0.3) is 0 Å². The Labute approximate surface area is 117 Å². The van der Waals surface area contributed by atoms with Crippen molar-refractivity contribution in [2.45, 2.75) is 18.6 Å². The van der Waals surface area contributed by atoms with Crippen molar-refractivity contribution >= 4 is 29.2 Å². The van der Waals surface area contributed by atoms with Crippen LogP contribution in [-0.2, 0) is 16.0 Å². The second-order valence-electron chi connectivity index (χ2n) is 3.78. The first-order valence-corrected chi connectivity index (χ1v) is 5.87. The van der Waals surface area contributed by atoms with Crippen molar-refractivity contribution in [2.24, 2.45) is 5.73 Å². The molecule has 0 saturated carbocycles. The highest BCUT2D eigenvalue weighted by Gasteiger charge is 2.30. The highest BCUT2D eigenvalue weighted by Crippen LogP contribution is 2.23. The number of esters is 1. The lowest BCUT2D eigenvalue weighted by Crippen LogP contribution is -2.36. The zero-order valence-corrected chi connectivity index (χ0v) is 11.0. The summed E-state index contributed by atoms with van der Waals surface area (Å²) >= 11 is 11.5. The molecule has 0 heterocycles. The highest BCUT2D eigenvalue weighted by molar-refractivity contribution is 6.42. The average molecular weight is 316 g/mol. The Kier molecular flexibility index (Phi) is 5.46. The molecular formula is C11H10Cl2F3NO2. The molecule has 1 aromatic carbocycles. The minimum Gasteiger partial charge on any atom is -0.455 e. The van der Waals surface area contributed by atoms with Crippen LogP contribution in [0, 0.1) is 0 Å². The highest BCUT2D eigenvalue weighted by atomic mass is 35.5. The summed E-state index contributed by atoms with van der Waals surface area (Å²) in [5.41, 5.74) is 6.02. The molecule has 0 aliphatic heterocycles. The Hall–Kier alpha value is -0.980. The van der Waals surface area contributed by atoms with Gasteiger partial charge in [-0.15, -0.1) is 0 Å². The van der Waals surface area contributed by atoms with E-state index in [2.05, 4.69) is 4.74 Å². The van der Waals surface area contributed by atoms with Crippen LogP contribution >= 0.6 is 23.2 Å². The maximum absolute atomic E-state index is 11.9. The minimum atomic E-state index is -4.57. The molecule has 1 atom stereocenters. The summed E-state index contributed by atoms with van der Waals surface area (Å²) in [7, 11) is 0. The monoisotopic (exact) mass is 315 g/mol. The molecule has 0 unspecified atom stereocenters. The number of alkyl halides is 3. The number of carbonyl (C=O) groups excluding carboxylic acids is 1. The molecule has 1 aromatic rings. The molecule has 1 rings (SSSR count). The van der Waals surface area contributed by atoms with Crippen LogP contribution in [0.3, 0.4) is 0 Å². The molecule has 0 fully saturated rings. The number of benzene rings is 1. The molecule has 106 valence electrons. The molecule has 0 aromatic heterocycles. The largest absolute Gasteiger partial charge is 0.455 e. The fourth-order valence-electron chi connectivity index (χ4n) is 1.26. The third-order valence-corrected chi connectivity index (χ3v) is 2.86. The normalized spacial score (nSPS) is 13.2. The fourth-order valence-corrected chi connectivity index (χ4v) is 1.58. The summed E-state index contributed by atoms with van der Waals surface area (Å²) in [5.74, 6) is -1.12. The molecule has 0 aliphatic rings. The van der Waals surface area contributed by atoms with Crippen LogP contribution in [0.4, 0.5) is 13.2 Å². The topological polar surface area (TPSA) is 52.3 Å². The van der Waals surface area contributed by atoms with E-state index in [1.165, 1.54) is 12.1 Å². The molecule has 0 spiro atoms. The van der Waals surface area contributed by atoms with Gasteiger partial charge in [-0.2, -0.15) is 13.2 Å². The van der Waals surface area contributed by atoms with Crippen LogP contribution in [0.2, 0.25) is 10.0 Å². The summed E-state index contributed by atoms with van der Waals surface area (Å²) in [6, 6.07) is 3.37. The molecule has 8 heteroatoms. The van der Waals surface area contributed by atoms with E-state index in [0.29, 0.717) is 10.6 Å². The SMILES string of the molecule is N[C@@H](Cc1ccc(Cl)c(Cl)c1)C(=O)OCC(F)(F)F. The van der Waals surface area contributed by atoms with Crippen molar-refractivity contribution in [2.75, 3.05) is 6.61 Å². The lowest BCUT2D eigenvalue weighted by Gasteiger charge is -2.13. The van der Waals surface area contributed by atoms with E-state index in [4.69, 9.17) is 28.9 Å². The van der Waals surface area contributed by atoms with Crippen molar-refractivity contribution in [3.8, 4) is 0 Å². The molecule has 3 nitrogen and oxygen atoms in total. The van der Waals surface area contributed by atoms with Crippen LogP contribution in [0.1, 0.15) is 5.56 Å². The predicted molar refractivity (Wildman–Crippen MR) is 65.2 cm³/mol. The van der Waals surface area contributed by atoms with Crippen LogP contribution in [0.25, 0.3) is 0 Å². The zero-order valence-electron chi connectivity index (χ0n) is 9.51. The predicted octanol–water partition coefficient (Wildman–Crippen LogP) is 2.97.